The second-order valence-electron chi connectivity index (χ2n) is 7.80. The van der Waals surface area contributed by atoms with E-state index in [1.54, 1.807) is 0 Å². The number of carbonyl (C=O) groups is 1. The van der Waals surface area contributed by atoms with Crippen LogP contribution in [0.15, 0.2) is 0 Å². The fraction of sp³-hybridized carbons (Fsp3) is 0.941. The van der Waals surface area contributed by atoms with Crippen molar-refractivity contribution in [1.82, 2.24) is 10.2 Å². The van der Waals surface area contributed by atoms with Crippen LogP contribution in [-0.2, 0) is 4.74 Å². The van der Waals surface area contributed by atoms with E-state index in [1.807, 2.05) is 25.7 Å². The summed E-state index contributed by atoms with van der Waals surface area (Å²) in [7, 11) is 0. The van der Waals surface area contributed by atoms with Crippen LogP contribution in [0.3, 0.4) is 0 Å². The number of hydrogen-bond donors (Lipinski definition) is 1. The standard InChI is InChI=1S/C17H32N2O2/c1-5-13-9-15(18-10-14-7-6-8-14)12-19(11-13)16(20)21-17(2,3)4/h13-15,18H,5-12H2,1-4H3. The molecule has 2 atom stereocenters. The van der Waals surface area contributed by atoms with E-state index in [4.69, 9.17) is 4.74 Å². The number of likely N-dealkylation sites (tertiary alicyclic amines) is 1. The molecule has 1 amide bonds. The Labute approximate surface area is 129 Å². The lowest BCUT2D eigenvalue weighted by Crippen LogP contribution is -2.53. The van der Waals surface area contributed by atoms with E-state index in [0.29, 0.717) is 12.0 Å². The maximum Gasteiger partial charge on any atom is 0.410 e. The number of rotatable bonds is 4. The molecule has 4 nitrogen and oxygen atoms in total. The highest BCUT2D eigenvalue weighted by molar-refractivity contribution is 5.68. The number of nitrogens with one attached hydrogen (secondary N) is 1. The van der Waals surface area contributed by atoms with Gasteiger partial charge in [-0.15, -0.1) is 0 Å². The first-order valence-electron chi connectivity index (χ1n) is 8.58. The van der Waals surface area contributed by atoms with Crippen molar-refractivity contribution < 1.29 is 9.53 Å². The highest BCUT2D eigenvalue weighted by atomic mass is 16.6. The quantitative estimate of drug-likeness (QED) is 0.864. The summed E-state index contributed by atoms with van der Waals surface area (Å²) in [6.07, 6.45) is 6.28. The van der Waals surface area contributed by atoms with Crippen LogP contribution in [0.2, 0.25) is 0 Å². The number of piperidine rings is 1. The minimum absolute atomic E-state index is 0.156. The van der Waals surface area contributed by atoms with Crippen molar-refractivity contribution in [2.24, 2.45) is 11.8 Å². The molecule has 2 unspecified atom stereocenters. The van der Waals surface area contributed by atoms with Crippen molar-refractivity contribution in [2.75, 3.05) is 19.6 Å². The number of ether oxygens (including phenoxy) is 1. The predicted molar refractivity (Wildman–Crippen MR) is 85.3 cm³/mol. The molecule has 1 saturated heterocycles. The average Bonchev–Trinajstić information content (AvgIpc) is 2.34. The second kappa shape index (κ2) is 6.99. The molecular formula is C17H32N2O2. The van der Waals surface area contributed by atoms with Crippen LogP contribution in [0.4, 0.5) is 4.79 Å². The zero-order valence-electron chi connectivity index (χ0n) is 14.2. The molecule has 21 heavy (non-hydrogen) atoms. The Morgan fingerprint density at radius 1 is 1.24 bits per heavy atom. The molecule has 0 spiro atoms. The molecular weight excluding hydrogens is 264 g/mol. The van der Waals surface area contributed by atoms with Gasteiger partial charge in [0.25, 0.3) is 0 Å². The fourth-order valence-electron chi connectivity index (χ4n) is 3.15. The zero-order chi connectivity index (χ0) is 15.5. The number of nitrogens with zero attached hydrogens (tertiary/aromatic N) is 1. The van der Waals surface area contributed by atoms with Gasteiger partial charge in [-0.1, -0.05) is 19.8 Å². The largest absolute Gasteiger partial charge is 0.444 e. The van der Waals surface area contributed by atoms with Crippen molar-refractivity contribution in [3.63, 3.8) is 0 Å². The molecule has 0 aromatic heterocycles. The zero-order valence-corrected chi connectivity index (χ0v) is 14.2. The van der Waals surface area contributed by atoms with Crippen molar-refractivity contribution in [1.29, 1.82) is 0 Å². The molecule has 0 bridgehead atoms. The molecule has 0 radical (unpaired) electrons. The second-order valence-corrected chi connectivity index (χ2v) is 7.80. The highest BCUT2D eigenvalue weighted by Gasteiger charge is 2.32. The van der Waals surface area contributed by atoms with Gasteiger partial charge in [-0.3, -0.25) is 0 Å². The molecule has 2 aliphatic rings. The van der Waals surface area contributed by atoms with Crippen molar-refractivity contribution in [2.45, 2.75) is 71.4 Å². The molecule has 122 valence electrons. The Balaban J connectivity index is 1.86. The minimum Gasteiger partial charge on any atom is -0.444 e. The maximum atomic E-state index is 12.3. The van der Waals surface area contributed by atoms with E-state index < -0.39 is 5.60 Å². The Morgan fingerprint density at radius 3 is 2.48 bits per heavy atom. The van der Waals surface area contributed by atoms with Crippen LogP contribution in [0.5, 0.6) is 0 Å². The van der Waals surface area contributed by atoms with Gasteiger partial charge in [0.05, 0.1) is 0 Å². The predicted octanol–water partition coefficient (Wildman–Crippen LogP) is 3.41. The number of amides is 1. The summed E-state index contributed by atoms with van der Waals surface area (Å²) in [5.41, 5.74) is -0.412. The third kappa shape index (κ3) is 5.17. The molecule has 2 rings (SSSR count). The van der Waals surface area contributed by atoms with Crippen molar-refractivity contribution >= 4 is 6.09 Å². The van der Waals surface area contributed by atoms with E-state index in [1.165, 1.54) is 25.7 Å². The van der Waals surface area contributed by atoms with Crippen LogP contribution in [0, 0.1) is 11.8 Å². The van der Waals surface area contributed by atoms with E-state index in [0.717, 1.165) is 32.0 Å². The SMILES string of the molecule is CCC1CC(NCC2CCC2)CN(C(=O)OC(C)(C)C)C1. The number of hydrogen-bond acceptors (Lipinski definition) is 3. The highest BCUT2D eigenvalue weighted by Crippen LogP contribution is 2.27. The van der Waals surface area contributed by atoms with E-state index >= 15 is 0 Å². The maximum absolute atomic E-state index is 12.3. The lowest BCUT2D eigenvalue weighted by molar-refractivity contribution is 0.0121. The minimum atomic E-state index is -0.412. The Morgan fingerprint density at radius 2 is 1.95 bits per heavy atom. The smallest absolute Gasteiger partial charge is 0.410 e. The topological polar surface area (TPSA) is 41.6 Å². The van der Waals surface area contributed by atoms with Gasteiger partial charge >= 0.3 is 6.09 Å². The molecule has 0 aromatic rings. The summed E-state index contributed by atoms with van der Waals surface area (Å²) in [5, 5.41) is 3.69. The summed E-state index contributed by atoms with van der Waals surface area (Å²) in [5.74, 6) is 1.45. The van der Waals surface area contributed by atoms with Gasteiger partial charge in [-0.05, 0) is 58.4 Å². The third-order valence-corrected chi connectivity index (χ3v) is 4.69. The molecule has 0 aromatic carbocycles. The Kier molecular flexibility index (Phi) is 5.53. The van der Waals surface area contributed by atoms with Crippen LogP contribution < -0.4 is 5.32 Å². The molecule has 1 aliphatic carbocycles. The van der Waals surface area contributed by atoms with Gasteiger partial charge in [0.15, 0.2) is 0 Å². The van der Waals surface area contributed by atoms with E-state index in [2.05, 4.69) is 12.2 Å². The van der Waals surface area contributed by atoms with Gasteiger partial charge in [-0.2, -0.15) is 0 Å². The van der Waals surface area contributed by atoms with Crippen LogP contribution in [-0.4, -0.2) is 42.3 Å². The van der Waals surface area contributed by atoms with Crippen molar-refractivity contribution in [3.8, 4) is 0 Å². The summed E-state index contributed by atoms with van der Waals surface area (Å²) in [4.78, 5) is 14.2. The lowest BCUT2D eigenvalue weighted by Gasteiger charge is -2.39. The third-order valence-electron chi connectivity index (χ3n) is 4.69. The molecule has 1 saturated carbocycles. The lowest BCUT2D eigenvalue weighted by atomic mass is 9.85. The van der Waals surface area contributed by atoms with Crippen LogP contribution in [0.1, 0.15) is 59.8 Å². The summed E-state index contributed by atoms with van der Waals surface area (Å²) in [6.45, 7) is 10.7. The van der Waals surface area contributed by atoms with E-state index in [9.17, 15) is 4.79 Å². The summed E-state index contributed by atoms with van der Waals surface area (Å²) >= 11 is 0. The average molecular weight is 296 g/mol. The molecule has 1 heterocycles. The van der Waals surface area contributed by atoms with Gasteiger partial charge in [0, 0.05) is 19.1 Å². The Hall–Kier alpha value is -0.770. The van der Waals surface area contributed by atoms with E-state index in [-0.39, 0.29) is 6.09 Å². The monoisotopic (exact) mass is 296 g/mol. The first-order chi connectivity index (χ1) is 9.87. The van der Waals surface area contributed by atoms with Crippen molar-refractivity contribution in [3.05, 3.63) is 0 Å². The van der Waals surface area contributed by atoms with Crippen LogP contribution >= 0.6 is 0 Å². The molecule has 1 aliphatic heterocycles. The van der Waals surface area contributed by atoms with Gasteiger partial charge < -0.3 is 15.0 Å². The number of carbonyl (C=O) groups excluding carboxylic acids is 1. The normalized spacial score (nSPS) is 27.3. The molecule has 2 fully saturated rings. The summed E-state index contributed by atoms with van der Waals surface area (Å²) < 4.78 is 5.54. The van der Waals surface area contributed by atoms with Gasteiger partial charge in [-0.25, -0.2) is 4.79 Å². The van der Waals surface area contributed by atoms with Gasteiger partial charge in [0.2, 0.25) is 0 Å². The summed E-state index contributed by atoms with van der Waals surface area (Å²) in [6, 6.07) is 0.428. The molecule has 1 N–H and O–H groups in total. The Bertz CT molecular complexity index is 347. The molecule has 4 heteroatoms. The first-order valence-corrected chi connectivity index (χ1v) is 8.58. The first kappa shape index (κ1) is 16.6. The van der Waals surface area contributed by atoms with Crippen LogP contribution in [0.25, 0.3) is 0 Å². The van der Waals surface area contributed by atoms with Gasteiger partial charge in [0.1, 0.15) is 5.60 Å². The fourth-order valence-corrected chi connectivity index (χ4v) is 3.15.